The Balaban J connectivity index is 1.09. The highest BCUT2D eigenvalue weighted by atomic mass is 15.1. The van der Waals surface area contributed by atoms with Gasteiger partial charge in [0, 0.05) is 23.1 Å². The maximum Gasteiger partial charge on any atom is 0.145 e. The lowest BCUT2D eigenvalue weighted by molar-refractivity contribution is 0.650. The molecule has 0 amide bonds. The van der Waals surface area contributed by atoms with Crippen molar-refractivity contribution in [2.45, 2.75) is 39.0 Å². The quantitative estimate of drug-likeness (QED) is 0.140. The summed E-state index contributed by atoms with van der Waals surface area (Å²) in [5, 5.41) is 5.01. The van der Waals surface area contributed by atoms with Gasteiger partial charge in [0.2, 0.25) is 0 Å². The van der Waals surface area contributed by atoms with Gasteiger partial charge in [0.05, 0.1) is 11.4 Å². The van der Waals surface area contributed by atoms with E-state index in [2.05, 4.69) is 225 Å². The summed E-state index contributed by atoms with van der Waals surface area (Å²) in [5.41, 5.74) is 17.5. The van der Waals surface area contributed by atoms with E-state index in [1.807, 2.05) is 0 Å². The van der Waals surface area contributed by atoms with Gasteiger partial charge in [0.15, 0.2) is 0 Å². The summed E-state index contributed by atoms with van der Waals surface area (Å²) >= 11 is 0. The Morgan fingerprint density at radius 1 is 0.629 bits per heavy atom. The molecular weight excluding hydrogens is 749 g/mol. The Kier molecular flexibility index (Phi) is 9.70. The van der Waals surface area contributed by atoms with Gasteiger partial charge in [-0.1, -0.05) is 195 Å². The molecule has 0 saturated heterocycles. The Bertz CT molecular complexity index is 3150. The van der Waals surface area contributed by atoms with Gasteiger partial charge < -0.3 is 0 Å². The minimum atomic E-state index is 0.185. The molecule has 2 heteroatoms. The van der Waals surface area contributed by atoms with Crippen molar-refractivity contribution in [3.8, 4) is 22.5 Å². The van der Waals surface area contributed by atoms with Crippen LogP contribution in [0.5, 0.6) is 0 Å². The molecule has 3 aliphatic rings. The Morgan fingerprint density at radius 2 is 1.26 bits per heavy atom. The third kappa shape index (κ3) is 6.37. The van der Waals surface area contributed by atoms with Crippen LogP contribution < -0.4 is 0 Å². The zero-order valence-electron chi connectivity index (χ0n) is 35.3. The Labute approximate surface area is 364 Å². The molecule has 0 N–H and O–H groups in total. The zero-order chi connectivity index (χ0) is 41.6. The van der Waals surface area contributed by atoms with Crippen LogP contribution in [-0.4, -0.2) is 9.55 Å². The van der Waals surface area contributed by atoms with E-state index in [4.69, 9.17) is 4.98 Å². The van der Waals surface area contributed by atoms with Crippen molar-refractivity contribution in [1.82, 2.24) is 9.55 Å². The molecule has 1 aromatic heterocycles. The summed E-state index contributed by atoms with van der Waals surface area (Å²) in [4.78, 5) is 5.18. The summed E-state index contributed by atoms with van der Waals surface area (Å²) in [7, 11) is 0. The number of nitrogens with zero attached hydrogens (tertiary/aromatic N) is 2. The van der Waals surface area contributed by atoms with Crippen molar-refractivity contribution in [2.24, 2.45) is 5.92 Å². The standard InChI is InChI=1S/C60H48N2/c1-3-4-32-55-40(2)61-60(62(55)46-24-12-7-13-25-46)44-35-33-43(34-36-44)57-48-27-15-18-30-51(48)59(52-31-19-16-28-49(52)57)45-37-38-53-54(39-45)58(42-22-10-6-11-23-42)50-29-17-14-26-47(50)56(53)41-20-8-5-9-21-41/h4-6,8-12,14-39,53,56H,3,7,13H2,1-2H3/b32-4-. The zero-order valence-corrected chi connectivity index (χ0v) is 35.3. The fourth-order valence-corrected chi connectivity index (χ4v) is 10.4. The smallest absolute Gasteiger partial charge is 0.145 e. The number of hydrogen-bond acceptors (Lipinski definition) is 1. The molecule has 0 aliphatic heterocycles. The number of imidazole rings is 1. The van der Waals surface area contributed by atoms with E-state index in [0.29, 0.717) is 0 Å². The molecule has 0 radical (unpaired) electrons. The second-order valence-corrected chi connectivity index (χ2v) is 16.7. The molecule has 3 aliphatic carbocycles. The van der Waals surface area contributed by atoms with Crippen molar-refractivity contribution < 1.29 is 0 Å². The highest BCUT2D eigenvalue weighted by Crippen LogP contribution is 2.52. The molecule has 2 atom stereocenters. The summed E-state index contributed by atoms with van der Waals surface area (Å²) in [6.45, 7) is 4.31. The third-order valence-corrected chi connectivity index (χ3v) is 13.1. The van der Waals surface area contributed by atoms with Crippen molar-refractivity contribution >= 4 is 44.5 Å². The molecule has 2 nitrogen and oxygen atoms in total. The van der Waals surface area contributed by atoms with Crippen LogP contribution in [0, 0.1) is 12.8 Å². The van der Waals surface area contributed by atoms with Crippen LogP contribution in [0.1, 0.15) is 71.3 Å². The number of aryl methyl sites for hydroxylation is 1. The van der Waals surface area contributed by atoms with Gasteiger partial charge in [-0.2, -0.15) is 0 Å². The fourth-order valence-electron chi connectivity index (χ4n) is 10.4. The Hall–Kier alpha value is -7.29. The van der Waals surface area contributed by atoms with Gasteiger partial charge in [0.1, 0.15) is 5.82 Å². The van der Waals surface area contributed by atoms with Gasteiger partial charge in [-0.15, -0.1) is 0 Å². The van der Waals surface area contributed by atoms with E-state index in [9.17, 15) is 0 Å². The van der Waals surface area contributed by atoms with Gasteiger partial charge >= 0.3 is 0 Å². The lowest BCUT2D eigenvalue weighted by Crippen LogP contribution is -2.23. The number of benzene rings is 7. The second-order valence-electron chi connectivity index (χ2n) is 16.7. The number of fused-ring (bicyclic) bond motifs is 4. The van der Waals surface area contributed by atoms with E-state index in [-0.39, 0.29) is 11.8 Å². The average Bonchev–Trinajstić information content (AvgIpc) is 3.67. The molecule has 7 aromatic carbocycles. The molecular formula is C60H48N2. The van der Waals surface area contributed by atoms with Crippen LogP contribution in [-0.2, 0) is 0 Å². The summed E-state index contributed by atoms with van der Waals surface area (Å²) < 4.78 is 2.34. The topological polar surface area (TPSA) is 17.8 Å². The van der Waals surface area contributed by atoms with E-state index < -0.39 is 0 Å². The number of hydrogen-bond donors (Lipinski definition) is 0. The Morgan fingerprint density at radius 3 is 1.94 bits per heavy atom. The van der Waals surface area contributed by atoms with Crippen LogP contribution in [0.3, 0.4) is 0 Å². The summed E-state index contributed by atoms with van der Waals surface area (Å²) in [6.07, 6.45) is 21.8. The lowest BCUT2D eigenvalue weighted by atomic mass is 9.65. The number of aromatic nitrogens is 2. The summed E-state index contributed by atoms with van der Waals surface area (Å²) in [5.74, 6) is 1.37. The van der Waals surface area contributed by atoms with E-state index in [0.717, 1.165) is 42.0 Å². The van der Waals surface area contributed by atoms with E-state index in [1.165, 1.54) is 82.9 Å². The van der Waals surface area contributed by atoms with Crippen molar-refractivity contribution in [1.29, 1.82) is 0 Å². The van der Waals surface area contributed by atoms with Gasteiger partial charge in [-0.3, -0.25) is 4.57 Å². The number of rotatable bonds is 8. The van der Waals surface area contributed by atoms with Crippen LogP contribution in [0.2, 0.25) is 0 Å². The molecule has 0 spiro atoms. The highest BCUT2D eigenvalue weighted by molar-refractivity contribution is 6.20. The van der Waals surface area contributed by atoms with Crippen molar-refractivity contribution in [3.05, 3.63) is 245 Å². The first-order valence-electron chi connectivity index (χ1n) is 22.2. The van der Waals surface area contributed by atoms with Crippen molar-refractivity contribution in [3.63, 3.8) is 0 Å². The maximum absolute atomic E-state index is 5.18. The van der Waals surface area contributed by atoms with Crippen molar-refractivity contribution in [2.75, 3.05) is 0 Å². The molecule has 62 heavy (non-hydrogen) atoms. The molecule has 0 bridgehead atoms. The largest absolute Gasteiger partial charge is 0.293 e. The van der Waals surface area contributed by atoms with Crippen LogP contribution >= 0.6 is 0 Å². The summed E-state index contributed by atoms with van der Waals surface area (Å²) in [6, 6.07) is 58.3. The monoisotopic (exact) mass is 796 g/mol. The first-order chi connectivity index (χ1) is 30.7. The van der Waals surface area contributed by atoms with Gasteiger partial charge in [-0.25, -0.2) is 4.98 Å². The molecule has 0 fully saturated rings. The molecule has 1 heterocycles. The number of allylic oxidation sites excluding steroid dienone is 10. The van der Waals surface area contributed by atoms with E-state index in [1.54, 1.807) is 0 Å². The molecule has 298 valence electrons. The average molecular weight is 797 g/mol. The third-order valence-electron chi connectivity index (χ3n) is 13.1. The van der Waals surface area contributed by atoms with Crippen LogP contribution in [0.15, 0.2) is 206 Å². The van der Waals surface area contributed by atoms with E-state index >= 15 is 0 Å². The normalized spacial score (nSPS) is 17.1. The fraction of sp³-hybridized carbons (Fsp3) is 0.117. The highest BCUT2D eigenvalue weighted by Gasteiger charge is 2.36. The maximum atomic E-state index is 5.18. The second kappa shape index (κ2) is 16.0. The SMILES string of the molecule is CC/C=C\c1c(C)nc(-c2ccc(-c3c4ccccc4c(C4=CC5=C(c6ccccc6)c6ccccc6C(c6ccccc6)C5C=C4)c4ccccc34)cc2)n1C1=CCCC=C1. The van der Waals surface area contributed by atoms with Crippen LogP contribution in [0.25, 0.3) is 67.0 Å². The van der Waals surface area contributed by atoms with Gasteiger partial charge in [-0.05, 0) is 122 Å². The first kappa shape index (κ1) is 37.7. The molecule has 0 saturated carbocycles. The van der Waals surface area contributed by atoms with Crippen LogP contribution in [0.4, 0.5) is 0 Å². The molecule has 11 rings (SSSR count). The molecule has 8 aromatic rings. The first-order valence-corrected chi connectivity index (χ1v) is 22.2. The predicted molar refractivity (Wildman–Crippen MR) is 263 cm³/mol. The van der Waals surface area contributed by atoms with Gasteiger partial charge in [0.25, 0.3) is 0 Å². The minimum absolute atomic E-state index is 0.185. The minimum Gasteiger partial charge on any atom is -0.293 e. The lowest BCUT2D eigenvalue weighted by Gasteiger charge is -2.37. The molecule has 2 unspecified atom stereocenters. The predicted octanol–water partition coefficient (Wildman–Crippen LogP) is 15.7.